The molecule has 2 atom stereocenters. The number of aliphatic hydroxyl groups is 1. The maximum Gasteiger partial charge on any atom is 0.434 e. The molecule has 0 radical (unpaired) electrons. The molecule has 2 aromatic rings. The molecule has 5 nitrogen and oxygen atoms in total. The number of halogens is 9. The van der Waals surface area contributed by atoms with E-state index in [1.165, 1.54) is 0 Å². The van der Waals surface area contributed by atoms with Crippen LogP contribution < -0.4 is 10.2 Å². The molecule has 192 valence electrons. The van der Waals surface area contributed by atoms with Gasteiger partial charge in [0.2, 0.25) is 5.91 Å². The molecular weight excluding hydrogens is 567 g/mol. The fourth-order valence-electron chi connectivity index (χ4n) is 4.03. The summed E-state index contributed by atoms with van der Waals surface area (Å²) in [6, 6.07) is 1.86. The fourth-order valence-corrected chi connectivity index (χ4v) is 5.70. The van der Waals surface area contributed by atoms with Crippen molar-refractivity contribution >= 4 is 57.2 Å². The Hall–Kier alpha value is -1.47. The van der Waals surface area contributed by atoms with Gasteiger partial charge in [-0.05, 0) is 37.0 Å². The molecule has 1 saturated heterocycles. The van der Waals surface area contributed by atoms with Crippen LogP contribution in [0.3, 0.4) is 0 Å². The second kappa shape index (κ2) is 9.13. The van der Waals surface area contributed by atoms with Gasteiger partial charge in [-0.1, -0.05) is 46.1 Å². The van der Waals surface area contributed by atoms with E-state index in [0.717, 1.165) is 17.0 Å². The fraction of sp³-hybridized carbons (Fsp3) is 0.500. The van der Waals surface area contributed by atoms with Gasteiger partial charge in [0, 0.05) is 12.5 Å². The number of nitrogens with one attached hydrogen (secondary N) is 1. The van der Waals surface area contributed by atoms with E-state index in [2.05, 4.69) is 10.3 Å². The predicted octanol–water partition coefficient (Wildman–Crippen LogP) is 6.18. The molecule has 2 heterocycles. The summed E-state index contributed by atoms with van der Waals surface area (Å²) >= 11 is 18.2. The number of alkyl halides is 6. The molecule has 4 rings (SSSR count). The highest BCUT2D eigenvalue weighted by atomic mass is 35.5. The first-order valence-corrected chi connectivity index (χ1v) is 12.1. The highest BCUT2D eigenvalue weighted by molar-refractivity contribution is 7.15. The van der Waals surface area contributed by atoms with E-state index >= 15 is 0 Å². The molecule has 1 amide bonds. The average Bonchev–Trinajstić information content (AvgIpc) is 3.40. The van der Waals surface area contributed by atoms with Crippen LogP contribution in [-0.4, -0.2) is 34.9 Å². The van der Waals surface area contributed by atoms with Crippen molar-refractivity contribution < 1.29 is 36.2 Å². The molecule has 1 aromatic carbocycles. The number of amides is 1. The Morgan fingerprint density at radius 2 is 1.77 bits per heavy atom. The second-order valence-electron chi connectivity index (χ2n) is 8.30. The molecule has 2 fully saturated rings. The van der Waals surface area contributed by atoms with Crippen LogP contribution in [-0.2, 0) is 22.9 Å². The molecule has 1 aliphatic heterocycles. The molecular formula is C20H16Cl3F6N3O2S. The van der Waals surface area contributed by atoms with Crippen molar-refractivity contribution in [3.63, 3.8) is 0 Å². The number of thiazole rings is 1. The van der Waals surface area contributed by atoms with Crippen molar-refractivity contribution in [2.75, 3.05) is 11.4 Å². The second-order valence-corrected chi connectivity index (χ2v) is 10.6. The maximum absolute atomic E-state index is 14.4. The zero-order valence-electron chi connectivity index (χ0n) is 17.4. The van der Waals surface area contributed by atoms with Gasteiger partial charge in [0.15, 0.2) is 10.8 Å². The molecule has 1 saturated carbocycles. The number of benzene rings is 1. The summed E-state index contributed by atoms with van der Waals surface area (Å²) in [6.45, 7) is -0.949. The number of hydrogen-bond acceptors (Lipinski definition) is 5. The number of carbonyl (C=O) groups is 1. The van der Waals surface area contributed by atoms with Gasteiger partial charge in [-0.3, -0.25) is 4.79 Å². The smallest absolute Gasteiger partial charge is 0.372 e. The van der Waals surface area contributed by atoms with Gasteiger partial charge in [-0.25, -0.2) is 4.98 Å². The Kier molecular flexibility index (Phi) is 6.93. The third-order valence-corrected chi connectivity index (χ3v) is 8.35. The van der Waals surface area contributed by atoms with E-state index in [-0.39, 0.29) is 25.9 Å². The van der Waals surface area contributed by atoms with E-state index in [4.69, 9.17) is 34.8 Å². The summed E-state index contributed by atoms with van der Waals surface area (Å²) in [5, 5.41) is 12.1. The van der Waals surface area contributed by atoms with Gasteiger partial charge in [0.1, 0.15) is 11.6 Å². The maximum atomic E-state index is 14.4. The van der Waals surface area contributed by atoms with Crippen molar-refractivity contribution in [2.24, 2.45) is 5.92 Å². The zero-order chi connectivity index (χ0) is 25.9. The molecule has 2 unspecified atom stereocenters. The van der Waals surface area contributed by atoms with E-state index in [9.17, 15) is 36.2 Å². The SMILES string of the molecule is O=C(NCc1sc(N2CCC(c3cc(Cl)c(Cl)c(Cl)c3)(C(F)(F)F)C2O)nc1C(F)(F)F)C1CC1. The Balaban J connectivity index is 1.71. The highest BCUT2D eigenvalue weighted by Crippen LogP contribution is 2.54. The summed E-state index contributed by atoms with van der Waals surface area (Å²) < 4.78 is 84.1. The van der Waals surface area contributed by atoms with Crippen LogP contribution in [0.1, 0.15) is 35.4 Å². The van der Waals surface area contributed by atoms with Crippen molar-refractivity contribution in [1.82, 2.24) is 10.3 Å². The van der Waals surface area contributed by atoms with Crippen molar-refractivity contribution in [1.29, 1.82) is 0 Å². The van der Waals surface area contributed by atoms with Crippen molar-refractivity contribution in [2.45, 2.75) is 49.8 Å². The van der Waals surface area contributed by atoms with Crippen molar-refractivity contribution in [3.8, 4) is 0 Å². The van der Waals surface area contributed by atoms with Crippen LogP contribution in [0.25, 0.3) is 0 Å². The number of aromatic nitrogens is 1. The molecule has 0 bridgehead atoms. The molecule has 2 N–H and O–H groups in total. The minimum atomic E-state index is -5.03. The standard InChI is InChI=1S/C20H16Cl3F6N3O2S/c21-10-5-9(6-11(22)13(10)23)18(20(27,28)29)3-4-32(16(18)34)17-31-14(19(24,25)26)12(35-17)7-30-15(33)8-1-2-8/h5-6,8,16,34H,1-4,7H2,(H,30,33). The van der Waals surface area contributed by atoms with Crippen LogP contribution in [0.2, 0.25) is 15.1 Å². The molecule has 1 aliphatic carbocycles. The van der Waals surface area contributed by atoms with Gasteiger partial charge in [0.05, 0.1) is 26.5 Å². The lowest BCUT2D eigenvalue weighted by Gasteiger charge is -2.36. The van der Waals surface area contributed by atoms with Gasteiger partial charge in [-0.15, -0.1) is 0 Å². The lowest BCUT2D eigenvalue weighted by atomic mass is 9.77. The lowest BCUT2D eigenvalue weighted by molar-refractivity contribution is -0.210. The van der Waals surface area contributed by atoms with Gasteiger partial charge < -0.3 is 15.3 Å². The summed E-state index contributed by atoms with van der Waals surface area (Å²) in [4.78, 5) is 15.8. The van der Waals surface area contributed by atoms with Crippen LogP contribution in [0.15, 0.2) is 12.1 Å². The normalized spacial score (nSPS) is 23.1. The monoisotopic (exact) mass is 581 g/mol. The van der Waals surface area contributed by atoms with Gasteiger partial charge in [-0.2, -0.15) is 26.3 Å². The van der Waals surface area contributed by atoms with Crippen LogP contribution >= 0.6 is 46.1 Å². The number of rotatable bonds is 5. The lowest BCUT2D eigenvalue weighted by Crippen LogP contribution is -2.52. The first-order valence-electron chi connectivity index (χ1n) is 10.2. The Morgan fingerprint density at radius 3 is 2.29 bits per heavy atom. The predicted molar refractivity (Wildman–Crippen MR) is 119 cm³/mol. The van der Waals surface area contributed by atoms with Crippen molar-refractivity contribution in [3.05, 3.63) is 43.3 Å². The number of carbonyl (C=O) groups excluding carboxylic acids is 1. The minimum Gasteiger partial charge on any atom is -0.372 e. The Labute approximate surface area is 214 Å². The van der Waals surface area contributed by atoms with Gasteiger partial charge in [0.25, 0.3) is 0 Å². The number of aliphatic hydroxyl groups excluding tert-OH is 1. The molecule has 2 aliphatic rings. The number of nitrogens with zero attached hydrogens (tertiary/aromatic N) is 2. The number of hydrogen-bond donors (Lipinski definition) is 2. The first-order chi connectivity index (χ1) is 16.2. The number of anilines is 1. The van der Waals surface area contributed by atoms with Gasteiger partial charge >= 0.3 is 12.4 Å². The average molecular weight is 583 g/mol. The van der Waals surface area contributed by atoms with E-state index in [1.54, 1.807) is 0 Å². The van der Waals surface area contributed by atoms with E-state index in [1.807, 2.05) is 0 Å². The summed E-state index contributed by atoms with van der Waals surface area (Å²) in [6.07, 6.45) is -11.7. The highest BCUT2D eigenvalue weighted by Gasteiger charge is 2.65. The third-order valence-electron chi connectivity index (χ3n) is 6.06. The Bertz CT molecular complexity index is 1130. The summed E-state index contributed by atoms with van der Waals surface area (Å²) in [5.74, 6) is -0.649. The summed E-state index contributed by atoms with van der Waals surface area (Å²) in [7, 11) is 0. The minimum absolute atomic E-state index is 0.175. The topological polar surface area (TPSA) is 65.5 Å². The van der Waals surface area contributed by atoms with Crippen LogP contribution in [0.4, 0.5) is 31.5 Å². The first kappa shape index (κ1) is 26.6. The molecule has 35 heavy (non-hydrogen) atoms. The largest absolute Gasteiger partial charge is 0.434 e. The molecule has 1 aromatic heterocycles. The summed E-state index contributed by atoms with van der Waals surface area (Å²) in [5.41, 5.74) is -4.73. The van der Waals surface area contributed by atoms with Crippen LogP contribution in [0.5, 0.6) is 0 Å². The van der Waals surface area contributed by atoms with E-state index < -0.39 is 65.8 Å². The van der Waals surface area contributed by atoms with Crippen LogP contribution in [0, 0.1) is 5.92 Å². The quantitative estimate of drug-likeness (QED) is 0.327. The van der Waals surface area contributed by atoms with E-state index in [0.29, 0.717) is 24.2 Å². The zero-order valence-corrected chi connectivity index (χ0v) is 20.5. The third kappa shape index (κ3) is 4.79. The molecule has 0 spiro atoms. The Morgan fingerprint density at radius 1 is 1.17 bits per heavy atom. The molecule has 15 heteroatoms.